The molecule has 3 atom stereocenters. The standard InChI is InChI=1S/C32H34O9/c1-6-39-30(34)32(31(35)40-7-2)25(26(33)20-14-10-8-11-15-20)27(21-16-12-9-13-17-21)41-29(32)22-18-23(36-3)28(38-5)24(19-22)37-4/h8-19,25,27,29H,6-7H2,1-5H3/t25-,27-,29+/m1/s1. The van der Waals surface area contributed by atoms with Crippen molar-refractivity contribution in [2.75, 3.05) is 34.5 Å². The van der Waals surface area contributed by atoms with Crippen molar-refractivity contribution in [3.8, 4) is 17.2 Å². The summed E-state index contributed by atoms with van der Waals surface area (Å²) in [5.74, 6) is -2.78. The van der Waals surface area contributed by atoms with Crippen LogP contribution in [-0.2, 0) is 23.8 Å². The van der Waals surface area contributed by atoms with Crippen LogP contribution in [0.1, 0.15) is 47.5 Å². The Hall–Kier alpha value is -4.37. The van der Waals surface area contributed by atoms with E-state index >= 15 is 0 Å². The molecule has 0 bridgehead atoms. The maximum Gasteiger partial charge on any atom is 0.327 e. The summed E-state index contributed by atoms with van der Waals surface area (Å²) < 4.78 is 34.3. The van der Waals surface area contributed by atoms with Crippen molar-refractivity contribution in [1.29, 1.82) is 0 Å². The van der Waals surface area contributed by atoms with Gasteiger partial charge in [-0.2, -0.15) is 0 Å². The largest absolute Gasteiger partial charge is 0.493 e. The Bertz CT molecular complexity index is 1330. The molecule has 0 aromatic heterocycles. The van der Waals surface area contributed by atoms with Gasteiger partial charge in [0, 0.05) is 5.56 Å². The lowest BCUT2D eigenvalue weighted by Gasteiger charge is -2.34. The molecule has 9 heteroatoms. The van der Waals surface area contributed by atoms with E-state index in [4.69, 9.17) is 28.4 Å². The normalized spacial score (nSPS) is 19.2. The van der Waals surface area contributed by atoms with E-state index in [1.165, 1.54) is 21.3 Å². The molecular formula is C32H34O9. The molecule has 3 aromatic rings. The predicted octanol–water partition coefficient (Wildman–Crippen LogP) is 5.14. The van der Waals surface area contributed by atoms with Gasteiger partial charge < -0.3 is 28.4 Å². The van der Waals surface area contributed by atoms with Gasteiger partial charge in [0.05, 0.1) is 46.6 Å². The number of carbonyl (C=O) groups is 3. The molecule has 0 unspecified atom stereocenters. The lowest BCUT2D eigenvalue weighted by molar-refractivity contribution is -0.178. The van der Waals surface area contributed by atoms with Crippen molar-refractivity contribution >= 4 is 17.7 Å². The second-order valence-corrected chi connectivity index (χ2v) is 9.32. The van der Waals surface area contributed by atoms with E-state index < -0.39 is 41.3 Å². The Labute approximate surface area is 239 Å². The Balaban J connectivity index is 2.08. The van der Waals surface area contributed by atoms with E-state index in [-0.39, 0.29) is 24.7 Å². The number of ether oxygens (including phenoxy) is 6. The fraction of sp³-hybridized carbons (Fsp3) is 0.344. The highest BCUT2D eigenvalue weighted by Gasteiger charge is 2.70. The number of hydrogen-bond acceptors (Lipinski definition) is 9. The molecule has 9 nitrogen and oxygen atoms in total. The molecule has 1 fully saturated rings. The summed E-state index contributed by atoms with van der Waals surface area (Å²) in [4.78, 5) is 42.8. The zero-order valence-corrected chi connectivity index (χ0v) is 23.7. The second-order valence-electron chi connectivity index (χ2n) is 9.32. The molecule has 0 saturated carbocycles. The van der Waals surface area contributed by atoms with Gasteiger partial charge in [0.1, 0.15) is 6.10 Å². The summed E-state index contributed by atoms with van der Waals surface area (Å²) in [6.07, 6.45) is -2.33. The summed E-state index contributed by atoms with van der Waals surface area (Å²) >= 11 is 0. The van der Waals surface area contributed by atoms with Crippen LogP contribution in [0.5, 0.6) is 17.2 Å². The summed E-state index contributed by atoms with van der Waals surface area (Å²) in [6, 6.07) is 20.7. The van der Waals surface area contributed by atoms with Crippen LogP contribution >= 0.6 is 0 Å². The molecule has 1 saturated heterocycles. The van der Waals surface area contributed by atoms with Crippen molar-refractivity contribution in [3.05, 3.63) is 89.5 Å². The van der Waals surface area contributed by atoms with E-state index in [0.29, 0.717) is 22.4 Å². The van der Waals surface area contributed by atoms with E-state index in [2.05, 4.69) is 0 Å². The number of esters is 2. The molecule has 3 aromatic carbocycles. The van der Waals surface area contributed by atoms with Gasteiger partial charge in [0.15, 0.2) is 17.3 Å². The fourth-order valence-electron chi connectivity index (χ4n) is 5.42. The van der Waals surface area contributed by atoms with Crippen molar-refractivity contribution in [1.82, 2.24) is 0 Å². The van der Waals surface area contributed by atoms with Crippen molar-refractivity contribution < 1.29 is 42.8 Å². The topological polar surface area (TPSA) is 107 Å². The molecule has 0 radical (unpaired) electrons. The van der Waals surface area contributed by atoms with Crippen molar-refractivity contribution in [2.24, 2.45) is 11.3 Å². The number of benzene rings is 3. The molecule has 1 aliphatic heterocycles. The SMILES string of the molecule is CCOC(=O)C1(C(=O)OCC)[C@H](C(=O)c2ccccc2)[C@@H](c2ccccc2)O[C@H]1c1cc(OC)c(OC)c(OC)c1. The van der Waals surface area contributed by atoms with Crippen LogP contribution in [0, 0.1) is 11.3 Å². The zero-order valence-electron chi connectivity index (χ0n) is 23.7. The van der Waals surface area contributed by atoms with E-state index in [9.17, 15) is 14.4 Å². The van der Waals surface area contributed by atoms with Gasteiger partial charge in [-0.1, -0.05) is 60.7 Å². The first-order valence-electron chi connectivity index (χ1n) is 13.3. The Morgan fingerprint density at radius 3 is 1.71 bits per heavy atom. The number of hydrogen-bond donors (Lipinski definition) is 0. The Kier molecular flexibility index (Phi) is 9.29. The average molecular weight is 563 g/mol. The van der Waals surface area contributed by atoms with Gasteiger partial charge in [-0.3, -0.25) is 14.4 Å². The van der Waals surface area contributed by atoms with Gasteiger partial charge in [0.25, 0.3) is 0 Å². The first-order valence-corrected chi connectivity index (χ1v) is 13.3. The van der Waals surface area contributed by atoms with E-state index in [0.717, 1.165) is 0 Å². The van der Waals surface area contributed by atoms with Gasteiger partial charge in [-0.15, -0.1) is 0 Å². The highest BCUT2D eigenvalue weighted by molar-refractivity contribution is 6.10. The summed E-state index contributed by atoms with van der Waals surface area (Å²) in [5.41, 5.74) is -0.963. The zero-order chi connectivity index (χ0) is 29.6. The molecule has 0 amide bonds. The maximum absolute atomic E-state index is 14.4. The fourth-order valence-corrected chi connectivity index (χ4v) is 5.42. The minimum absolute atomic E-state index is 0.0375. The second kappa shape index (κ2) is 12.9. The van der Waals surface area contributed by atoms with Crippen LogP contribution in [0.2, 0.25) is 0 Å². The molecular weight excluding hydrogens is 528 g/mol. The smallest absolute Gasteiger partial charge is 0.327 e. The Morgan fingerprint density at radius 1 is 0.732 bits per heavy atom. The molecule has 1 aliphatic rings. The minimum atomic E-state index is -2.22. The molecule has 1 heterocycles. The van der Waals surface area contributed by atoms with Crippen LogP contribution in [0.25, 0.3) is 0 Å². The van der Waals surface area contributed by atoms with Crippen LogP contribution in [-0.4, -0.2) is 52.3 Å². The van der Waals surface area contributed by atoms with Gasteiger partial charge in [-0.05, 0) is 37.1 Å². The quantitative estimate of drug-likeness (QED) is 0.178. The van der Waals surface area contributed by atoms with Gasteiger partial charge >= 0.3 is 11.9 Å². The van der Waals surface area contributed by atoms with Crippen molar-refractivity contribution in [2.45, 2.75) is 26.1 Å². The number of Topliss-reactive ketones (excluding diaryl/α,β-unsaturated/α-hetero) is 1. The third-order valence-electron chi connectivity index (χ3n) is 7.17. The van der Waals surface area contributed by atoms with Crippen LogP contribution in [0.15, 0.2) is 72.8 Å². The molecule has 216 valence electrons. The van der Waals surface area contributed by atoms with Crippen molar-refractivity contribution in [3.63, 3.8) is 0 Å². The van der Waals surface area contributed by atoms with Gasteiger partial charge in [-0.25, -0.2) is 0 Å². The maximum atomic E-state index is 14.4. The van der Waals surface area contributed by atoms with Crippen LogP contribution < -0.4 is 14.2 Å². The highest BCUT2D eigenvalue weighted by Crippen LogP contribution is 2.60. The lowest BCUT2D eigenvalue weighted by atomic mass is 9.66. The minimum Gasteiger partial charge on any atom is -0.493 e. The first-order chi connectivity index (χ1) is 19.9. The van der Waals surface area contributed by atoms with Gasteiger partial charge in [0.2, 0.25) is 11.2 Å². The summed E-state index contributed by atoms with van der Waals surface area (Å²) in [5, 5.41) is 0. The van der Waals surface area contributed by atoms with E-state index in [1.54, 1.807) is 80.6 Å². The van der Waals surface area contributed by atoms with Crippen LogP contribution in [0.4, 0.5) is 0 Å². The number of ketones is 1. The third kappa shape index (κ3) is 5.25. The molecule has 0 aliphatic carbocycles. The molecule has 41 heavy (non-hydrogen) atoms. The monoisotopic (exact) mass is 562 g/mol. The highest BCUT2D eigenvalue weighted by atomic mass is 16.6. The first kappa shape index (κ1) is 29.6. The number of rotatable bonds is 11. The number of carbonyl (C=O) groups excluding carboxylic acids is 3. The Morgan fingerprint density at radius 2 is 1.24 bits per heavy atom. The lowest BCUT2D eigenvalue weighted by Crippen LogP contribution is -2.51. The summed E-state index contributed by atoms with van der Waals surface area (Å²) in [6.45, 7) is 3.18. The predicted molar refractivity (Wildman–Crippen MR) is 149 cm³/mol. The third-order valence-corrected chi connectivity index (χ3v) is 7.17. The molecule has 4 rings (SSSR count). The van der Waals surface area contributed by atoms with Crippen LogP contribution in [0.3, 0.4) is 0 Å². The molecule has 0 spiro atoms. The number of methoxy groups -OCH3 is 3. The average Bonchev–Trinajstić information content (AvgIpc) is 3.38. The molecule has 0 N–H and O–H groups in total. The van der Waals surface area contributed by atoms with E-state index in [1.807, 2.05) is 6.07 Å². The summed E-state index contributed by atoms with van der Waals surface area (Å²) in [7, 11) is 4.37.